The minimum atomic E-state index is -0.767. The Morgan fingerprint density at radius 2 is 1.69 bits per heavy atom. The zero-order valence-corrected chi connectivity index (χ0v) is 17.9. The van der Waals surface area contributed by atoms with E-state index < -0.39 is 6.04 Å². The van der Waals surface area contributed by atoms with Gasteiger partial charge in [0.15, 0.2) is 0 Å². The molecule has 0 aliphatic carbocycles. The minimum Gasteiger partial charge on any atom is -0.508 e. The summed E-state index contributed by atoms with van der Waals surface area (Å²) in [6.07, 6.45) is 4.89. The van der Waals surface area contributed by atoms with Crippen molar-refractivity contribution in [2.24, 2.45) is 5.73 Å². The van der Waals surface area contributed by atoms with Crippen LogP contribution in [0.15, 0.2) is 86.0 Å². The second-order valence-corrected chi connectivity index (χ2v) is 7.65. The van der Waals surface area contributed by atoms with Gasteiger partial charge < -0.3 is 21.3 Å². The van der Waals surface area contributed by atoms with Gasteiger partial charge in [-0.25, -0.2) is 0 Å². The Morgan fingerprint density at radius 3 is 2.38 bits per heavy atom. The lowest BCUT2D eigenvalue weighted by Gasteiger charge is -2.17. The van der Waals surface area contributed by atoms with Gasteiger partial charge in [0.1, 0.15) is 11.5 Å². The van der Waals surface area contributed by atoms with Crippen molar-refractivity contribution in [2.75, 3.05) is 5.32 Å². The van der Waals surface area contributed by atoms with Crippen molar-refractivity contribution >= 4 is 11.6 Å². The summed E-state index contributed by atoms with van der Waals surface area (Å²) in [5.41, 5.74) is 10.2. The number of rotatable bonds is 9. The normalized spacial score (nSPS) is 11.5. The van der Waals surface area contributed by atoms with Gasteiger partial charge >= 0.3 is 0 Å². The Hall–Kier alpha value is -3.83. The van der Waals surface area contributed by atoms with E-state index in [1.54, 1.807) is 36.4 Å². The number of benzene rings is 3. The summed E-state index contributed by atoms with van der Waals surface area (Å²) >= 11 is 0. The molecule has 0 aromatic heterocycles. The number of hydrogen-bond donors (Lipinski definition) is 4. The van der Waals surface area contributed by atoms with Crippen molar-refractivity contribution < 1.29 is 15.0 Å². The number of aromatic hydroxyl groups is 2. The molecule has 0 bridgehead atoms. The molecule has 0 heterocycles. The highest BCUT2D eigenvalue weighted by Gasteiger charge is 2.19. The van der Waals surface area contributed by atoms with Gasteiger partial charge in [-0.15, -0.1) is 13.2 Å². The molecule has 0 radical (unpaired) electrons. The molecule has 164 valence electrons. The number of nitrogens with two attached hydrogens (primary N) is 1. The average molecular weight is 429 g/mol. The fourth-order valence-electron chi connectivity index (χ4n) is 3.55. The molecule has 0 saturated carbocycles. The minimum absolute atomic E-state index is 0.0617. The van der Waals surface area contributed by atoms with Gasteiger partial charge in [-0.2, -0.15) is 0 Å². The van der Waals surface area contributed by atoms with Crippen LogP contribution in [0.5, 0.6) is 11.5 Å². The summed E-state index contributed by atoms with van der Waals surface area (Å²) in [6, 6.07) is 17.4. The number of hydrogen-bond acceptors (Lipinski definition) is 4. The lowest BCUT2D eigenvalue weighted by molar-refractivity contribution is -0.117. The van der Waals surface area contributed by atoms with E-state index in [-0.39, 0.29) is 23.1 Å². The van der Waals surface area contributed by atoms with Gasteiger partial charge in [0.2, 0.25) is 5.91 Å². The first-order valence-electron chi connectivity index (χ1n) is 10.4. The van der Waals surface area contributed by atoms with E-state index in [4.69, 9.17) is 5.73 Å². The van der Waals surface area contributed by atoms with E-state index in [0.717, 1.165) is 11.1 Å². The number of phenols is 2. The molecular weight excluding hydrogens is 400 g/mol. The second-order valence-electron chi connectivity index (χ2n) is 7.65. The lowest BCUT2D eigenvalue weighted by Crippen LogP contribution is -2.37. The Labute approximate surface area is 188 Å². The van der Waals surface area contributed by atoms with Gasteiger partial charge in [-0.1, -0.05) is 48.6 Å². The van der Waals surface area contributed by atoms with E-state index in [0.29, 0.717) is 36.0 Å². The van der Waals surface area contributed by atoms with E-state index in [1.807, 2.05) is 36.4 Å². The number of carbonyl (C=O) groups excluding carboxylic acids is 1. The molecule has 1 atom stereocenters. The predicted molar refractivity (Wildman–Crippen MR) is 130 cm³/mol. The molecule has 32 heavy (non-hydrogen) atoms. The smallest absolute Gasteiger partial charge is 0.241 e. The summed E-state index contributed by atoms with van der Waals surface area (Å²) in [5.74, 6) is -0.284. The van der Waals surface area contributed by atoms with Crippen molar-refractivity contribution in [3.63, 3.8) is 0 Å². The van der Waals surface area contributed by atoms with Gasteiger partial charge in [0, 0.05) is 5.56 Å². The zero-order chi connectivity index (χ0) is 23.1. The van der Waals surface area contributed by atoms with Gasteiger partial charge in [0.25, 0.3) is 0 Å². The molecule has 5 heteroatoms. The fourth-order valence-corrected chi connectivity index (χ4v) is 3.55. The summed E-state index contributed by atoms with van der Waals surface area (Å²) in [7, 11) is 0. The fraction of sp³-hybridized carbons (Fsp3) is 0.148. The topological polar surface area (TPSA) is 95.6 Å². The summed E-state index contributed by atoms with van der Waals surface area (Å²) in [6.45, 7) is 7.50. The van der Waals surface area contributed by atoms with Crippen LogP contribution in [-0.4, -0.2) is 22.2 Å². The number of amides is 1. The number of phenolic OH excluding ortho intramolecular Hbond substituents is 2. The van der Waals surface area contributed by atoms with Crippen LogP contribution in [0.2, 0.25) is 0 Å². The van der Waals surface area contributed by atoms with Crippen molar-refractivity contribution in [1.82, 2.24) is 0 Å². The van der Waals surface area contributed by atoms with Crippen molar-refractivity contribution in [3.05, 3.63) is 103 Å². The number of nitrogens with one attached hydrogen (secondary N) is 1. The summed E-state index contributed by atoms with van der Waals surface area (Å²) < 4.78 is 0. The highest BCUT2D eigenvalue weighted by Crippen LogP contribution is 2.38. The standard InChI is InChI=1S/C27H28N2O3/c1-3-8-19-14-22(20-12-13-25(30)21(17-20)9-4-2)26(31)24(16-19)29-27(32)23(28)15-18-10-6-5-7-11-18/h3-7,10-14,16-17,23,30-31H,1-2,8-9,15,28H2,(H,29,32). The largest absolute Gasteiger partial charge is 0.508 e. The maximum absolute atomic E-state index is 12.8. The third-order valence-corrected chi connectivity index (χ3v) is 5.20. The Balaban J connectivity index is 1.93. The molecule has 1 amide bonds. The van der Waals surface area contributed by atoms with Crippen LogP contribution in [0.25, 0.3) is 11.1 Å². The molecule has 0 aliphatic rings. The molecule has 3 aromatic carbocycles. The molecule has 5 N–H and O–H groups in total. The third kappa shape index (κ3) is 5.45. The molecule has 1 unspecified atom stereocenters. The van der Waals surface area contributed by atoms with Crippen LogP contribution >= 0.6 is 0 Å². The number of anilines is 1. The molecular formula is C27H28N2O3. The Kier molecular flexibility index (Phi) is 7.47. The quantitative estimate of drug-likeness (QED) is 0.293. The summed E-state index contributed by atoms with van der Waals surface area (Å²) in [5, 5.41) is 23.8. The van der Waals surface area contributed by atoms with E-state index in [2.05, 4.69) is 18.5 Å². The first kappa shape index (κ1) is 22.8. The van der Waals surface area contributed by atoms with E-state index >= 15 is 0 Å². The average Bonchev–Trinajstić information content (AvgIpc) is 2.78. The van der Waals surface area contributed by atoms with Crippen LogP contribution in [0.3, 0.4) is 0 Å². The molecule has 5 nitrogen and oxygen atoms in total. The van der Waals surface area contributed by atoms with Crippen molar-refractivity contribution in [2.45, 2.75) is 25.3 Å². The first-order valence-corrected chi connectivity index (χ1v) is 10.4. The van der Waals surface area contributed by atoms with Crippen molar-refractivity contribution in [3.8, 4) is 22.6 Å². The monoisotopic (exact) mass is 428 g/mol. The van der Waals surface area contributed by atoms with Crippen LogP contribution in [0.1, 0.15) is 16.7 Å². The summed E-state index contributed by atoms with van der Waals surface area (Å²) in [4.78, 5) is 12.8. The van der Waals surface area contributed by atoms with Crippen LogP contribution < -0.4 is 11.1 Å². The van der Waals surface area contributed by atoms with Gasteiger partial charge in [-0.05, 0) is 65.8 Å². The molecule has 3 rings (SSSR count). The van der Waals surface area contributed by atoms with Crippen LogP contribution in [0, 0.1) is 0 Å². The first-order chi connectivity index (χ1) is 15.4. The number of allylic oxidation sites excluding steroid dienone is 2. The molecule has 0 aliphatic heterocycles. The third-order valence-electron chi connectivity index (χ3n) is 5.20. The van der Waals surface area contributed by atoms with E-state index in [9.17, 15) is 15.0 Å². The number of carbonyl (C=O) groups is 1. The Bertz CT molecular complexity index is 1120. The maximum atomic E-state index is 12.8. The van der Waals surface area contributed by atoms with Gasteiger partial charge in [0.05, 0.1) is 11.7 Å². The molecule has 0 fully saturated rings. The van der Waals surface area contributed by atoms with Crippen LogP contribution in [-0.2, 0) is 24.1 Å². The zero-order valence-electron chi connectivity index (χ0n) is 17.9. The Morgan fingerprint density at radius 1 is 0.969 bits per heavy atom. The lowest BCUT2D eigenvalue weighted by atomic mass is 9.96. The van der Waals surface area contributed by atoms with Crippen molar-refractivity contribution in [1.29, 1.82) is 0 Å². The van der Waals surface area contributed by atoms with Crippen LogP contribution in [0.4, 0.5) is 5.69 Å². The molecule has 3 aromatic rings. The van der Waals surface area contributed by atoms with E-state index in [1.165, 1.54) is 0 Å². The maximum Gasteiger partial charge on any atom is 0.241 e. The molecule has 0 saturated heterocycles. The highest BCUT2D eigenvalue weighted by atomic mass is 16.3. The molecule has 0 spiro atoms. The SMILES string of the molecule is C=CCc1cc(NC(=O)C(N)Cc2ccccc2)c(O)c(-c2ccc(O)c(CC=C)c2)c1. The van der Waals surface area contributed by atoms with Gasteiger partial charge in [-0.3, -0.25) is 4.79 Å². The second kappa shape index (κ2) is 10.5. The predicted octanol–water partition coefficient (Wildman–Crippen LogP) is 4.73. The highest BCUT2D eigenvalue weighted by molar-refractivity contribution is 5.97.